The predicted octanol–water partition coefficient (Wildman–Crippen LogP) is 13.3. The summed E-state index contributed by atoms with van der Waals surface area (Å²) < 4.78 is 0. The fraction of sp³-hybridized carbons (Fsp3) is 0.0769. The zero-order valence-corrected chi connectivity index (χ0v) is 30.8. The lowest BCUT2D eigenvalue weighted by Gasteiger charge is -2.28. The summed E-state index contributed by atoms with van der Waals surface area (Å²) in [6, 6.07) is 71.3. The first-order chi connectivity index (χ1) is 26.6. The van der Waals surface area contributed by atoms with Crippen molar-refractivity contribution in [3.8, 4) is 66.8 Å². The van der Waals surface area contributed by atoms with Crippen LogP contribution in [0.1, 0.15) is 11.1 Å². The molecule has 0 aromatic heterocycles. The van der Waals surface area contributed by atoms with Crippen molar-refractivity contribution in [3.05, 3.63) is 205 Å². The molecule has 0 atom stereocenters. The van der Waals surface area contributed by atoms with E-state index in [-0.39, 0.29) is 0 Å². The summed E-state index contributed by atoms with van der Waals surface area (Å²) in [7, 11) is 4.47. The van der Waals surface area contributed by atoms with E-state index in [2.05, 4.69) is 218 Å². The van der Waals surface area contributed by atoms with Crippen LogP contribution in [0.3, 0.4) is 0 Å². The largest absolute Gasteiger partial charge is 0.370 e. The van der Waals surface area contributed by atoms with E-state index in [4.69, 9.17) is 0 Å². The van der Waals surface area contributed by atoms with Crippen LogP contribution in [0.2, 0.25) is 0 Å². The molecule has 1 aliphatic rings. The Morgan fingerprint density at radius 2 is 0.593 bits per heavy atom. The highest BCUT2D eigenvalue weighted by Gasteiger charge is 2.19. The summed E-state index contributed by atoms with van der Waals surface area (Å²) >= 11 is 0. The minimum atomic E-state index is 0.750. The van der Waals surface area contributed by atoms with Gasteiger partial charge in [-0.3, -0.25) is 0 Å². The molecule has 8 aromatic rings. The number of fused-ring (bicyclic) bond motifs is 8. The second-order valence-electron chi connectivity index (χ2n) is 14.5. The molecule has 260 valence electrons. The van der Waals surface area contributed by atoms with Gasteiger partial charge in [0, 0.05) is 49.7 Å². The lowest BCUT2D eigenvalue weighted by Crippen LogP contribution is -2.19. The standard InChI is InChI=1S/C52H42N2/c1-53-35-37-27-45(41-19-11-5-12-20-41)32-48(29-37)50-34-44(40-17-9-4-10-18-40)24-26-52(50)54(2)36-38-28-46(42-21-13-6-14-22-42)31-47(30-38)49-33-43(23-25-51(49)53)39-15-7-3-8-16-39/h3-34H,35-36H2,1-2H3. The van der Waals surface area contributed by atoms with Gasteiger partial charge in [0.15, 0.2) is 0 Å². The summed E-state index contributed by atoms with van der Waals surface area (Å²) in [5.41, 5.74) is 19.6. The monoisotopic (exact) mass is 694 g/mol. The normalized spacial score (nSPS) is 12.4. The molecule has 2 nitrogen and oxygen atoms in total. The van der Waals surface area contributed by atoms with Crippen molar-refractivity contribution in [2.45, 2.75) is 13.1 Å². The molecular formula is C52H42N2. The van der Waals surface area contributed by atoms with Gasteiger partial charge in [-0.05, 0) is 127 Å². The van der Waals surface area contributed by atoms with Crippen LogP contribution in [0, 0.1) is 0 Å². The van der Waals surface area contributed by atoms with Gasteiger partial charge in [0.05, 0.1) is 0 Å². The predicted molar refractivity (Wildman–Crippen MR) is 230 cm³/mol. The second-order valence-corrected chi connectivity index (χ2v) is 14.5. The van der Waals surface area contributed by atoms with Crippen LogP contribution in [-0.4, -0.2) is 14.1 Å². The molecule has 1 heterocycles. The average molecular weight is 695 g/mol. The van der Waals surface area contributed by atoms with E-state index in [1.165, 1.54) is 89.3 Å². The molecule has 0 saturated heterocycles. The SMILES string of the molecule is CN1Cc2cc(-c3ccccc3)cc(c2)-c2cc(-c3ccccc3)ccc2N(C)Cc2cc(-c3ccccc3)cc(c2)-c2cc(-c3ccccc3)ccc21. The van der Waals surface area contributed by atoms with E-state index >= 15 is 0 Å². The number of benzene rings is 8. The highest BCUT2D eigenvalue weighted by atomic mass is 15.1. The van der Waals surface area contributed by atoms with Crippen molar-refractivity contribution in [3.63, 3.8) is 0 Å². The molecule has 8 aromatic carbocycles. The summed E-state index contributed by atoms with van der Waals surface area (Å²) in [5, 5.41) is 0. The molecule has 2 heteroatoms. The number of hydrogen-bond acceptors (Lipinski definition) is 2. The highest BCUT2D eigenvalue weighted by Crippen LogP contribution is 2.41. The summed E-state index contributed by atoms with van der Waals surface area (Å²) in [6.45, 7) is 1.50. The minimum absolute atomic E-state index is 0.750. The first kappa shape index (κ1) is 33.2. The van der Waals surface area contributed by atoms with Gasteiger partial charge in [0.2, 0.25) is 0 Å². The molecule has 0 radical (unpaired) electrons. The third kappa shape index (κ3) is 6.71. The fourth-order valence-corrected chi connectivity index (χ4v) is 8.01. The van der Waals surface area contributed by atoms with Gasteiger partial charge in [-0.15, -0.1) is 0 Å². The number of hydrogen-bond donors (Lipinski definition) is 0. The molecule has 0 saturated carbocycles. The highest BCUT2D eigenvalue weighted by molar-refractivity contribution is 5.88. The zero-order valence-electron chi connectivity index (χ0n) is 30.8. The first-order valence-corrected chi connectivity index (χ1v) is 18.8. The van der Waals surface area contributed by atoms with E-state index in [9.17, 15) is 0 Å². The molecular weight excluding hydrogens is 653 g/mol. The van der Waals surface area contributed by atoms with Crippen LogP contribution < -0.4 is 9.80 Å². The molecule has 4 bridgehead atoms. The van der Waals surface area contributed by atoms with Crippen molar-refractivity contribution < 1.29 is 0 Å². The van der Waals surface area contributed by atoms with Crippen molar-refractivity contribution in [1.29, 1.82) is 0 Å². The maximum atomic E-state index is 2.42. The quantitative estimate of drug-likeness (QED) is 0.181. The Morgan fingerprint density at radius 1 is 0.278 bits per heavy atom. The van der Waals surface area contributed by atoms with Crippen LogP contribution in [0.5, 0.6) is 0 Å². The Labute approximate surface area is 319 Å². The maximum absolute atomic E-state index is 2.42. The number of rotatable bonds is 4. The summed E-state index contributed by atoms with van der Waals surface area (Å²) in [6.07, 6.45) is 0. The first-order valence-electron chi connectivity index (χ1n) is 18.8. The molecule has 1 aliphatic heterocycles. The Balaban J connectivity index is 1.29. The van der Waals surface area contributed by atoms with Crippen LogP contribution >= 0.6 is 0 Å². The maximum Gasteiger partial charge on any atom is 0.0446 e. The van der Waals surface area contributed by atoms with Crippen LogP contribution in [0.4, 0.5) is 11.4 Å². The van der Waals surface area contributed by atoms with E-state index in [0.717, 1.165) is 13.1 Å². The van der Waals surface area contributed by atoms with Crippen LogP contribution in [0.25, 0.3) is 66.8 Å². The van der Waals surface area contributed by atoms with Gasteiger partial charge >= 0.3 is 0 Å². The molecule has 54 heavy (non-hydrogen) atoms. The van der Waals surface area contributed by atoms with Gasteiger partial charge in [-0.1, -0.05) is 133 Å². The third-order valence-electron chi connectivity index (χ3n) is 10.7. The number of nitrogens with zero attached hydrogens (tertiary/aromatic N) is 2. The van der Waals surface area contributed by atoms with Crippen molar-refractivity contribution in [2.24, 2.45) is 0 Å². The van der Waals surface area contributed by atoms with Crippen molar-refractivity contribution >= 4 is 11.4 Å². The molecule has 0 N–H and O–H groups in total. The number of anilines is 2. The molecule has 0 fully saturated rings. The van der Waals surface area contributed by atoms with Crippen LogP contribution in [0.15, 0.2) is 194 Å². The van der Waals surface area contributed by atoms with Crippen LogP contribution in [-0.2, 0) is 13.1 Å². The van der Waals surface area contributed by atoms with E-state index < -0.39 is 0 Å². The van der Waals surface area contributed by atoms with Gasteiger partial charge in [-0.25, -0.2) is 0 Å². The average Bonchev–Trinajstić information content (AvgIpc) is 3.24. The summed E-state index contributed by atoms with van der Waals surface area (Å²) in [4.78, 5) is 4.85. The molecule has 0 spiro atoms. The lowest BCUT2D eigenvalue weighted by atomic mass is 9.91. The van der Waals surface area contributed by atoms with Gasteiger partial charge < -0.3 is 9.80 Å². The fourth-order valence-electron chi connectivity index (χ4n) is 8.01. The third-order valence-corrected chi connectivity index (χ3v) is 10.7. The smallest absolute Gasteiger partial charge is 0.0446 e. The van der Waals surface area contributed by atoms with Gasteiger partial charge in [0.25, 0.3) is 0 Å². The van der Waals surface area contributed by atoms with Gasteiger partial charge in [0.1, 0.15) is 0 Å². The van der Waals surface area contributed by atoms with Crippen molar-refractivity contribution in [2.75, 3.05) is 23.9 Å². The molecule has 0 unspecified atom stereocenters. The Kier molecular flexibility index (Phi) is 8.86. The summed E-state index contributed by atoms with van der Waals surface area (Å²) in [5.74, 6) is 0. The Morgan fingerprint density at radius 3 is 0.944 bits per heavy atom. The lowest BCUT2D eigenvalue weighted by molar-refractivity contribution is 0.918. The molecule has 9 rings (SSSR count). The Bertz CT molecular complexity index is 2380. The van der Waals surface area contributed by atoms with E-state index in [1.807, 2.05) is 0 Å². The molecule has 0 aliphatic carbocycles. The van der Waals surface area contributed by atoms with E-state index in [0.29, 0.717) is 0 Å². The topological polar surface area (TPSA) is 6.48 Å². The van der Waals surface area contributed by atoms with E-state index in [1.54, 1.807) is 0 Å². The molecule has 0 amide bonds. The minimum Gasteiger partial charge on any atom is -0.370 e. The van der Waals surface area contributed by atoms with Crippen molar-refractivity contribution in [1.82, 2.24) is 0 Å². The second kappa shape index (κ2) is 14.4. The van der Waals surface area contributed by atoms with Gasteiger partial charge in [-0.2, -0.15) is 0 Å². The Hall–Kier alpha value is -6.64. The zero-order chi connectivity index (χ0) is 36.4.